The van der Waals surface area contributed by atoms with Crippen molar-refractivity contribution in [3.05, 3.63) is 57.3 Å². The molecule has 2 heterocycles. The first kappa shape index (κ1) is 19.3. The summed E-state index contributed by atoms with van der Waals surface area (Å²) in [6.45, 7) is 1.46. The molecule has 0 saturated carbocycles. The van der Waals surface area contributed by atoms with Crippen LogP contribution in [0.15, 0.2) is 36.4 Å². The number of imide groups is 1. The number of aryl methyl sites for hydroxylation is 1. The van der Waals surface area contributed by atoms with E-state index in [0.29, 0.717) is 4.88 Å². The molecule has 0 bridgehead atoms. The minimum Gasteiger partial charge on any atom is -0.456 e. The molecule has 0 N–H and O–H groups in total. The van der Waals surface area contributed by atoms with Gasteiger partial charge in [0.2, 0.25) is 5.78 Å². The highest BCUT2D eigenvalue weighted by Gasteiger charge is 2.43. The number of hydrogen-bond acceptors (Lipinski definition) is 7. The van der Waals surface area contributed by atoms with Gasteiger partial charge in [-0.15, -0.1) is 11.3 Å². The fourth-order valence-corrected chi connectivity index (χ4v) is 4.18. The molecule has 0 fully saturated rings. The Morgan fingerprint density at radius 2 is 1.74 bits per heavy atom. The second-order valence-electron chi connectivity index (χ2n) is 5.94. The fourth-order valence-electron chi connectivity index (χ4n) is 2.79. The lowest BCUT2D eigenvalue weighted by Crippen LogP contribution is -2.47. The molecular formula is C19H17NO5S2. The minimum atomic E-state index is -1.08. The second-order valence-corrected chi connectivity index (χ2v) is 8.14. The van der Waals surface area contributed by atoms with E-state index in [1.54, 1.807) is 36.6 Å². The van der Waals surface area contributed by atoms with Gasteiger partial charge in [-0.05, 0) is 37.4 Å². The Labute approximate surface area is 164 Å². The Hall–Kier alpha value is -2.45. The summed E-state index contributed by atoms with van der Waals surface area (Å²) in [5.74, 6) is -1.93. The van der Waals surface area contributed by atoms with E-state index in [1.165, 1.54) is 23.1 Å². The van der Waals surface area contributed by atoms with Crippen molar-refractivity contribution in [1.82, 2.24) is 4.90 Å². The molecule has 8 heteroatoms. The van der Waals surface area contributed by atoms with Crippen LogP contribution in [0.3, 0.4) is 0 Å². The first-order valence-corrected chi connectivity index (χ1v) is 10.4. The number of esters is 1. The summed E-state index contributed by atoms with van der Waals surface area (Å²) >= 11 is 2.63. The van der Waals surface area contributed by atoms with Crippen molar-refractivity contribution in [3.63, 3.8) is 0 Å². The predicted octanol–water partition coefficient (Wildman–Crippen LogP) is 2.81. The number of carbonyl (C=O) groups is 4. The monoisotopic (exact) mass is 403 g/mol. The first-order valence-electron chi connectivity index (χ1n) is 8.16. The molecule has 0 radical (unpaired) electrons. The number of nitrogens with zero attached hydrogens (tertiary/aromatic N) is 1. The van der Waals surface area contributed by atoms with Gasteiger partial charge in [-0.1, -0.05) is 12.1 Å². The van der Waals surface area contributed by atoms with Crippen molar-refractivity contribution in [1.29, 1.82) is 0 Å². The summed E-state index contributed by atoms with van der Waals surface area (Å²) in [7, 11) is 0. The lowest BCUT2D eigenvalue weighted by atomic mass is 10.1. The molecule has 1 aromatic carbocycles. The molecule has 2 amide bonds. The van der Waals surface area contributed by atoms with Crippen molar-refractivity contribution in [2.45, 2.75) is 13.0 Å². The molecule has 27 heavy (non-hydrogen) atoms. The number of Topliss-reactive ketones (excluding diaryl/α,β-unsaturated/α-hetero) is 1. The van der Waals surface area contributed by atoms with E-state index in [1.807, 2.05) is 13.0 Å². The lowest BCUT2D eigenvalue weighted by molar-refractivity contribution is -0.146. The van der Waals surface area contributed by atoms with Crippen LogP contribution >= 0.6 is 23.1 Å². The van der Waals surface area contributed by atoms with Crippen LogP contribution in [-0.2, 0) is 9.53 Å². The van der Waals surface area contributed by atoms with Crippen molar-refractivity contribution >= 4 is 46.7 Å². The van der Waals surface area contributed by atoms with Gasteiger partial charge >= 0.3 is 5.97 Å². The summed E-state index contributed by atoms with van der Waals surface area (Å²) in [6, 6.07) is 8.85. The van der Waals surface area contributed by atoms with Crippen LogP contribution in [0.1, 0.15) is 35.3 Å². The van der Waals surface area contributed by atoms with Crippen molar-refractivity contribution < 1.29 is 23.9 Å². The summed E-state index contributed by atoms with van der Waals surface area (Å²) in [5.41, 5.74) is 0.540. The maximum Gasteiger partial charge on any atom is 0.330 e. The molecule has 1 atom stereocenters. The van der Waals surface area contributed by atoms with Crippen molar-refractivity contribution in [2.75, 3.05) is 18.6 Å². The Balaban J connectivity index is 1.74. The number of thiophene rings is 1. The fraction of sp³-hybridized carbons (Fsp3) is 0.263. The number of hydrogen-bond donors (Lipinski definition) is 0. The Bertz CT molecular complexity index is 885. The first-order chi connectivity index (χ1) is 12.9. The van der Waals surface area contributed by atoms with E-state index in [4.69, 9.17) is 4.74 Å². The van der Waals surface area contributed by atoms with Crippen LogP contribution in [0.5, 0.6) is 0 Å². The molecule has 140 valence electrons. The third-order valence-electron chi connectivity index (χ3n) is 4.09. The van der Waals surface area contributed by atoms with Crippen molar-refractivity contribution in [3.8, 4) is 0 Å². The van der Waals surface area contributed by atoms with Crippen LogP contribution < -0.4 is 0 Å². The molecule has 1 aliphatic rings. The zero-order valence-electron chi connectivity index (χ0n) is 14.8. The Morgan fingerprint density at radius 1 is 1.11 bits per heavy atom. The lowest BCUT2D eigenvalue weighted by Gasteiger charge is -2.23. The molecule has 3 rings (SSSR count). The number of rotatable bonds is 7. The third kappa shape index (κ3) is 3.81. The Kier molecular flexibility index (Phi) is 5.76. The maximum atomic E-state index is 12.6. The molecule has 2 aromatic rings. The van der Waals surface area contributed by atoms with Gasteiger partial charge in [0, 0.05) is 10.6 Å². The second kappa shape index (κ2) is 8.06. The van der Waals surface area contributed by atoms with Gasteiger partial charge in [0.15, 0.2) is 6.61 Å². The van der Waals surface area contributed by atoms with E-state index in [-0.39, 0.29) is 22.7 Å². The molecular weight excluding hydrogens is 386 g/mol. The summed E-state index contributed by atoms with van der Waals surface area (Å²) < 4.78 is 5.15. The zero-order valence-corrected chi connectivity index (χ0v) is 16.4. The molecule has 0 saturated heterocycles. The highest BCUT2D eigenvalue weighted by Crippen LogP contribution is 2.26. The van der Waals surface area contributed by atoms with Gasteiger partial charge in [0.05, 0.1) is 16.0 Å². The summed E-state index contributed by atoms with van der Waals surface area (Å²) in [4.78, 5) is 52.4. The van der Waals surface area contributed by atoms with Crippen LogP contribution in [0.25, 0.3) is 0 Å². The van der Waals surface area contributed by atoms with Crippen LogP contribution in [0.2, 0.25) is 0 Å². The SMILES string of the molecule is CSC[C@@H](C(=O)OCC(=O)c1ccc(C)s1)N1C(=O)c2ccccc2C1=O. The highest BCUT2D eigenvalue weighted by molar-refractivity contribution is 7.98. The minimum absolute atomic E-state index is 0.191. The average molecular weight is 403 g/mol. The molecule has 0 unspecified atom stereocenters. The topological polar surface area (TPSA) is 80.8 Å². The maximum absolute atomic E-state index is 12.6. The third-order valence-corrected chi connectivity index (χ3v) is 5.79. The predicted molar refractivity (Wildman–Crippen MR) is 103 cm³/mol. The van der Waals surface area contributed by atoms with E-state index in [2.05, 4.69) is 0 Å². The zero-order chi connectivity index (χ0) is 19.6. The van der Waals surface area contributed by atoms with Crippen LogP contribution in [0, 0.1) is 6.92 Å². The quantitative estimate of drug-likeness (QED) is 0.402. The van der Waals surface area contributed by atoms with Crippen LogP contribution in [-0.4, -0.2) is 53.1 Å². The molecule has 0 aliphatic carbocycles. The van der Waals surface area contributed by atoms with Gasteiger partial charge in [0.1, 0.15) is 6.04 Å². The van der Waals surface area contributed by atoms with E-state index in [9.17, 15) is 19.2 Å². The number of amides is 2. The van der Waals surface area contributed by atoms with Gasteiger partial charge in [-0.25, -0.2) is 4.79 Å². The number of benzene rings is 1. The number of fused-ring (bicyclic) bond motifs is 1. The van der Waals surface area contributed by atoms with E-state index < -0.39 is 30.4 Å². The normalized spacial score (nSPS) is 14.2. The van der Waals surface area contributed by atoms with E-state index >= 15 is 0 Å². The Morgan fingerprint density at radius 3 is 2.26 bits per heavy atom. The standard InChI is InChI=1S/C19H17NO5S2/c1-11-7-8-16(27-11)15(21)9-25-19(24)14(10-26-2)20-17(22)12-5-3-4-6-13(12)18(20)23/h3-8,14H,9-10H2,1-2H3/t14-/m0/s1. The van der Waals surface area contributed by atoms with E-state index in [0.717, 1.165) is 9.78 Å². The molecule has 1 aliphatic heterocycles. The summed E-state index contributed by atoms with van der Waals surface area (Å²) in [5, 5.41) is 0. The summed E-state index contributed by atoms with van der Waals surface area (Å²) in [6.07, 6.45) is 1.76. The number of thioether (sulfide) groups is 1. The molecule has 6 nitrogen and oxygen atoms in total. The molecule has 1 aromatic heterocycles. The van der Waals surface area contributed by atoms with Crippen LogP contribution in [0.4, 0.5) is 0 Å². The van der Waals surface area contributed by atoms with Gasteiger partial charge in [-0.3, -0.25) is 19.3 Å². The largest absolute Gasteiger partial charge is 0.456 e. The number of ether oxygens (including phenoxy) is 1. The smallest absolute Gasteiger partial charge is 0.330 e. The number of ketones is 1. The van der Waals surface area contributed by atoms with Gasteiger partial charge in [0.25, 0.3) is 11.8 Å². The average Bonchev–Trinajstić information content (AvgIpc) is 3.20. The number of carbonyl (C=O) groups excluding carboxylic acids is 4. The highest BCUT2D eigenvalue weighted by atomic mass is 32.2. The molecule has 0 spiro atoms. The van der Waals surface area contributed by atoms with Crippen molar-refractivity contribution in [2.24, 2.45) is 0 Å². The van der Waals surface area contributed by atoms with Gasteiger partial charge < -0.3 is 4.74 Å². The van der Waals surface area contributed by atoms with Gasteiger partial charge in [-0.2, -0.15) is 11.8 Å².